The Labute approximate surface area is 245 Å². The first kappa shape index (κ1) is 29.6. The predicted molar refractivity (Wildman–Crippen MR) is 160 cm³/mol. The maximum Gasteiger partial charge on any atom is 0.294 e. The van der Waals surface area contributed by atoms with Gasteiger partial charge in [0.1, 0.15) is 12.3 Å². The number of rotatable bonds is 11. The van der Waals surface area contributed by atoms with Crippen molar-refractivity contribution >= 4 is 63.9 Å². The van der Waals surface area contributed by atoms with Crippen LogP contribution in [-0.2, 0) is 14.4 Å². The fourth-order valence-corrected chi connectivity index (χ4v) is 5.10. The molecule has 1 saturated heterocycles. The molecule has 0 spiro atoms. The molecule has 4 rings (SSSR count). The molecular weight excluding hydrogens is 566 g/mol. The molecule has 1 fully saturated rings. The number of carbonyl (C=O) groups is 4. The second-order valence-corrected chi connectivity index (χ2v) is 10.4. The van der Waals surface area contributed by atoms with Gasteiger partial charge in [-0.25, -0.2) is 0 Å². The van der Waals surface area contributed by atoms with Crippen molar-refractivity contribution in [1.29, 1.82) is 0 Å². The molecule has 0 aliphatic carbocycles. The Hall–Kier alpha value is -4.42. The maximum absolute atomic E-state index is 12.9. The van der Waals surface area contributed by atoms with Crippen molar-refractivity contribution in [1.82, 2.24) is 4.90 Å². The number of hydrogen-bond acceptors (Lipinski definition) is 9. The largest absolute Gasteiger partial charge is 0.495 e. The number of nitrogens with zero attached hydrogens (tertiary/aromatic N) is 1. The van der Waals surface area contributed by atoms with E-state index in [9.17, 15) is 19.2 Å². The molecule has 0 bridgehead atoms. The minimum atomic E-state index is -0.569. The Morgan fingerprint density at radius 1 is 0.902 bits per heavy atom. The number of anilines is 2. The molecule has 41 heavy (non-hydrogen) atoms. The number of carbonyl (C=O) groups excluding carboxylic acids is 4. The zero-order valence-electron chi connectivity index (χ0n) is 22.5. The highest BCUT2D eigenvalue weighted by Gasteiger charge is 2.36. The standard InChI is InChI=1S/C29H27N3O7S2/c1-37-22-10-5-4-9-21(22)31-27(34)17-39-23-12-11-18(13-24(23)38-2)14-25-28(35)32(29(36)41-25)16-26(33)30-19-7-6-8-20(15-19)40-3/h4-15H,16-17H2,1-3H3,(H,30,33)(H,31,34)/b25-14-. The summed E-state index contributed by atoms with van der Waals surface area (Å²) < 4.78 is 16.3. The van der Waals surface area contributed by atoms with Crippen LogP contribution in [0.4, 0.5) is 16.2 Å². The number of ether oxygens (including phenoxy) is 3. The summed E-state index contributed by atoms with van der Waals surface area (Å²) in [5.74, 6) is -0.279. The van der Waals surface area contributed by atoms with E-state index >= 15 is 0 Å². The Morgan fingerprint density at radius 3 is 2.44 bits per heavy atom. The van der Waals surface area contributed by atoms with Crippen LogP contribution >= 0.6 is 23.5 Å². The molecule has 1 heterocycles. The summed E-state index contributed by atoms with van der Waals surface area (Å²) in [5, 5.41) is 4.91. The summed E-state index contributed by atoms with van der Waals surface area (Å²) in [5.41, 5.74) is 1.66. The molecule has 1 aliphatic rings. The van der Waals surface area contributed by atoms with E-state index in [1.807, 2.05) is 24.5 Å². The average molecular weight is 594 g/mol. The number of thioether (sulfide) groups is 2. The smallest absolute Gasteiger partial charge is 0.294 e. The first-order valence-corrected chi connectivity index (χ1v) is 14.3. The lowest BCUT2D eigenvalue weighted by atomic mass is 10.2. The summed E-state index contributed by atoms with van der Waals surface area (Å²) >= 11 is 2.28. The highest BCUT2D eigenvalue weighted by atomic mass is 32.2. The first-order valence-electron chi connectivity index (χ1n) is 12.2. The SMILES string of the molecule is COc1ccccc1NC(=O)COc1ccc(/C=C2\SC(=O)N(CC(=O)Nc3cccc(SC)c3)C2=O)cc1OC. The summed E-state index contributed by atoms with van der Waals surface area (Å²) in [6, 6.07) is 19.2. The second-order valence-electron chi connectivity index (χ2n) is 8.50. The third-order valence-electron chi connectivity index (χ3n) is 5.75. The van der Waals surface area contributed by atoms with E-state index in [0.717, 1.165) is 21.6 Å². The Morgan fingerprint density at radius 2 is 1.68 bits per heavy atom. The van der Waals surface area contributed by atoms with Crippen LogP contribution < -0.4 is 24.8 Å². The molecule has 10 nitrogen and oxygen atoms in total. The molecule has 2 N–H and O–H groups in total. The Kier molecular flexibility index (Phi) is 9.93. The van der Waals surface area contributed by atoms with Gasteiger partial charge in [-0.3, -0.25) is 24.1 Å². The number of methoxy groups -OCH3 is 2. The second kappa shape index (κ2) is 13.8. The monoisotopic (exact) mass is 593 g/mol. The van der Waals surface area contributed by atoms with Crippen LogP contribution in [0.25, 0.3) is 6.08 Å². The van der Waals surface area contributed by atoms with Crippen LogP contribution in [0.5, 0.6) is 17.2 Å². The van der Waals surface area contributed by atoms with E-state index < -0.39 is 29.5 Å². The van der Waals surface area contributed by atoms with Crippen molar-refractivity contribution in [3.63, 3.8) is 0 Å². The van der Waals surface area contributed by atoms with E-state index in [2.05, 4.69) is 10.6 Å². The number of benzene rings is 3. The molecular formula is C29H27N3O7S2. The number of imide groups is 1. The number of amides is 4. The van der Waals surface area contributed by atoms with E-state index in [-0.39, 0.29) is 11.5 Å². The lowest BCUT2D eigenvalue weighted by molar-refractivity contribution is -0.127. The minimum Gasteiger partial charge on any atom is -0.495 e. The van der Waals surface area contributed by atoms with Crippen molar-refractivity contribution in [2.75, 3.05) is 44.3 Å². The van der Waals surface area contributed by atoms with Gasteiger partial charge in [-0.15, -0.1) is 11.8 Å². The van der Waals surface area contributed by atoms with Crippen molar-refractivity contribution < 1.29 is 33.4 Å². The Bertz CT molecular complexity index is 1510. The van der Waals surface area contributed by atoms with Gasteiger partial charge in [0.15, 0.2) is 18.1 Å². The van der Waals surface area contributed by atoms with Gasteiger partial charge < -0.3 is 24.8 Å². The summed E-state index contributed by atoms with van der Waals surface area (Å²) in [6.45, 7) is -0.686. The van der Waals surface area contributed by atoms with Gasteiger partial charge in [-0.2, -0.15) is 0 Å². The molecule has 0 unspecified atom stereocenters. The number of para-hydroxylation sites is 2. The quantitative estimate of drug-likeness (QED) is 0.230. The molecule has 0 saturated carbocycles. The van der Waals surface area contributed by atoms with Gasteiger partial charge in [-0.1, -0.05) is 24.3 Å². The van der Waals surface area contributed by atoms with Crippen molar-refractivity contribution in [3.8, 4) is 17.2 Å². The van der Waals surface area contributed by atoms with Gasteiger partial charge in [-0.05, 0) is 72.1 Å². The normalized spacial score (nSPS) is 13.7. The Balaban J connectivity index is 1.38. The van der Waals surface area contributed by atoms with Gasteiger partial charge in [0.25, 0.3) is 17.1 Å². The fourth-order valence-electron chi connectivity index (χ4n) is 3.80. The molecule has 212 valence electrons. The molecule has 0 atom stereocenters. The fraction of sp³-hybridized carbons (Fsp3) is 0.172. The van der Waals surface area contributed by atoms with Gasteiger partial charge in [0, 0.05) is 10.6 Å². The maximum atomic E-state index is 12.9. The minimum absolute atomic E-state index is 0.166. The van der Waals surface area contributed by atoms with Gasteiger partial charge >= 0.3 is 0 Å². The van der Waals surface area contributed by atoms with E-state index in [1.165, 1.54) is 32.1 Å². The van der Waals surface area contributed by atoms with Crippen molar-refractivity contribution in [2.24, 2.45) is 0 Å². The number of nitrogens with one attached hydrogen (secondary N) is 2. The first-order chi connectivity index (χ1) is 19.8. The summed E-state index contributed by atoms with van der Waals surface area (Å²) in [7, 11) is 2.96. The van der Waals surface area contributed by atoms with E-state index in [4.69, 9.17) is 14.2 Å². The number of hydrogen-bond donors (Lipinski definition) is 2. The van der Waals surface area contributed by atoms with Crippen LogP contribution in [0.2, 0.25) is 0 Å². The third kappa shape index (κ3) is 7.62. The lowest BCUT2D eigenvalue weighted by Gasteiger charge is -2.13. The lowest BCUT2D eigenvalue weighted by Crippen LogP contribution is -2.36. The molecule has 0 aromatic heterocycles. The van der Waals surface area contributed by atoms with Crippen LogP contribution in [0, 0.1) is 0 Å². The van der Waals surface area contributed by atoms with E-state index in [0.29, 0.717) is 34.2 Å². The molecule has 0 radical (unpaired) electrons. The topological polar surface area (TPSA) is 123 Å². The van der Waals surface area contributed by atoms with E-state index in [1.54, 1.807) is 48.5 Å². The zero-order chi connectivity index (χ0) is 29.4. The van der Waals surface area contributed by atoms with Crippen molar-refractivity contribution in [2.45, 2.75) is 4.90 Å². The van der Waals surface area contributed by atoms with Crippen LogP contribution in [0.1, 0.15) is 5.56 Å². The molecule has 4 amide bonds. The molecule has 3 aromatic rings. The average Bonchev–Trinajstić information content (AvgIpc) is 3.23. The van der Waals surface area contributed by atoms with Gasteiger partial charge in [0.2, 0.25) is 5.91 Å². The third-order valence-corrected chi connectivity index (χ3v) is 7.39. The van der Waals surface area contributed by atoms with Gasteiger partial charge in [0.05, 0.1) is 24.8 Å². The van der Waals surface area contributed by atoms with Crippen LogP contribution in [0.3, 0.4) is 0 Å². The van der Waals surface area contributed by atoms with Crippen molar-refractivity contribution in [3.05, 3.63) is 77.2 Å². The highest BCUT2D eigenvalue weighted by Crippen LogP contribution is 2.34. The zero-order valence-corrected chi connectivity index (χ0v) is 24.1. The molecule has 1 aliphatic heterocycles. The van der Waals surface area contributed by atoms with Crippen LogP contribution in [0.15, 0.2) is 76.5 Å². The molecule has 3 aromatic carbocycles. The predicted octanol–water partition coefficient (Wildman–Crippen LogP) is 5.12. The summed E-state index contributed by atoms with van der Waals surface area (Å²) in [4.78, 5) is 52.4. The summed E-state index contributed by atoms with van der Waals surface area (Å²) in [6.07, 6.45) is 3.46. The van der Waals surface area contributed by atoms with Crippen LogP contribution in [-0.4, -0.2) is 61.5 Å². The highest BCUT2D eigenvalue weighted by molar-refractivity contribution is 8.18. The molecule has 12 heteroatoms.